The summed E-state index contributed by atoms with van der Waals surface area (Å²) < 4.78 is 0. The summed E-state index contributed by atoms with van der Waals surface area (Å²) in [6, 6.07) is 43.3. The number of para-hydroxylation sites is 4. The molecule has 2 bridgehead atoms. The van der Waals surface area contributed by atoms with Gasteiger partial charge in [0.25, 0.3) is 0 Å². The molecule has 2 aliphatic rings. The first-order valence-corrected chi connectivity index (χ1v) is 15.2. The van der Waals surface area contributed by atoms with Gasteiger partial charge in [-0.25, -0.2) is 0 Å². The fraction of sp³-hybridized carbons (Fsp3) is 0.0732. The van der Waals surface area contributed by atoms with Gasteiger partial charge in [-0.2, -0.15) is 6.20 Å². The van der Waals surface area contributed by atoms with E-state index in [1.54, 1.807) is 13.1 Å². The number of hydrogen-bond donors (Lipinski definition) is 2. The second-order valence-corrected chi connectivity index (χ2v) is 11.3. The van der Waals surface area contributed by atoms with Crippen LogP contribution in [0, 0.1) is 0 Å². The van der Waals surface area contributed by atoms with E-state index in [0.29, 0.717) is 5.75 Å². The molecule has 0 saturated heterocycles. The molecule has 6 aromatic rings. The summed E-state index contributed by atoms with van der Waals surface area (Å²) in [5.74, 6) is 0.295. The zero-order valence-electron chi connectivity index (χ0n) is 26.2. The van der Waals surface area contributed by atoms with Gasteiger partial charge in [0, 0.05) is 49.8 Å². The number of aromatic hydroxyl groups is 1. The number of anilines is 2. The van der Waals surface area contributed by atoms with Crippen LogP contribution in [0.4, 0.5) is 11.4 Å². The normalized spacial score (nSPS) is 15.0. The van der Waals surface area contributed by atoms with Crippen molar-refractivity contribution in [3.8, 4) is 5.75 Å². The summed E-state index contributed by atoms with van der Waals surface area (Å²) in [5.41, 5.74) is 11.6. The Morgan fingerprint density at radius 3 is 2.20 bits per heavy atom. The number of H-pyrrole nitrogens is 1. The molecule has 4 nitrogen and oxygen atoms in total. The Bertz CT molecular complexity index is 2200. The van der Waals surface area contributed by atoms with E-state index < -0.39 is 0 Å². The monoisotopic (exact) mass is 607 g/mol. The summed E-state index contributed by atoms with van der Waals surface area (Å²) in [5, 5.41) is 17.7. The Hall–Kier alpha value is -4.74. The SMILES string of the molecule is C=C1/C=c2\c([nH]c3ccccc23)=C2/CN(c3ccccc31)c1ccccc12.C[N-]C=C(Cc1ccccc1)c1ccccc1O.[Na+]. The van der Waals surface area contributed by atoms with Crippen LogP contribution in [-0.2, 0) is 6.42 Å². The molecular formula is C41H34N3NaO. The predicted octanol–water partition coefficient (Wildman–Crippen LogP) is 5.31. The van der Waals surface area contributed by atoms with Gasteiger partial charge in [-0.1, -0.05) is 115 Å². The van der Waals surface area contributed by atoms with E-state index in [1.807, 2.05) is 42.6 Å². The van der Waals surface area contributed by atoms with E-state index in [-0.39, 0.29) is 29.6 Å². The molecule has 2 N–H and O–H groups in total. The van der Waals surface area contributed by atoms with E-state index in [4.69, 9.17) is 0 Å². The number of allylic oxidation sites excluding steroid dienone is 2. The molecular weight excluding hydrogens is 573 g/mol. The van der Waals surface area contributed by atoms with E-state index in [0.717, 1.165) is 29.7 Å². The van der Waals surface area contributed by atoms with Crippen molar-refractivity contribution in [2.45, 2.75) is 6.42 Å². The third kappa shape index (κ3) is 5.95. The van der Waals surface area contributed by atoms with E-state index in [9.17, 15) is 5.11 Å². The molecule has 0 spiro atoms. The van der Waals surface area contributed by atoms with Crippen molar-refractivity contribution >= 4 is 45.1 Å². The largest absolute Gasteiger partial charge is 1.00 e. The van der Waals surface area contributed by atoms with Crippen LogP contribution in [0.15, 0.2) is 140 Å². The zero-order valence-corrected chi connectivity index (χ0v) is 28.2. The van der Waals surface area contributed by atoms with Crippen LogP contribution in [0.3, 0.4) is 0 Å². The molecule has 220 valence electrons. The zero-order chi connectivity index (χ0) is 30.8. The van der Waals surface area contributed by atoms with E-state index in [2.05, 4.69) is 113 Å². The maximum absolute atomic E-state index is 9.90. The molecule has 0 unspecified atom stereocenters. The Balaban J connectivity index is 0.000000172. The van der Waals surface area contributed by atoms with Gasteiger partial charge in [-0.15, -0.1) is 7.05 Å². The third-order valence-corrected chi connectivity index (χ3v) is 8.52. The minimum Gasteiger partial charge on any atom is -0.693 e. The molecule has 2 aliphatic heterocycles. The predicted molar refractivity (Wildman–Crippen MR) is 189 cm³/mol. The summed E-state index contributed by atoms with van der Waals surface area (Å²) in [7, 11) is 1.74. The van der Waals surface area contributed by atoms with Gasteiger partial charge >= 0.3 is 29.6 Å². The summed E-state index contributed by atoms with van der Waals surface area (Å²) in [6.45, 7) is 5.28. The van der Waals surface area contributed by atoms with Gasteiger partial charge in [0.15, 0.2) is 0 Å². The number of benzene rings is 5. The quantitative estimate of drug-likeness (QED) is 0.267. The van der Waals surface area contributed by atoms with Crippen LogP contribution in [0.25, 0.3) is 39.0 Å². The van der Waals surface area contributed by atoms with Crippen LogP contribution in [0.2, 0.25) is 0 Å². The number of aromatic amines is 1. The molecule has 8 rings (SSSR count). The number of hydrogen-bond acceptors (Lipinski definition) is 2. The minimum atomic E-state index is 0. The number of nitrogens with zero attached hydrogens (tertiary/aromatic N) is 2. The van der Waals surface area contributed by atoms with Crippen molar-refractivity contribution in [2.24, 2.45) is 0 Å². The second kappa shape index (κ2) is 13.7. The molecule has 0 radical (unpaired) electrons. The number of phenols is 1. The number of aromatic nitrogens is 1. The fourth-order valence-electron chi connectivity index (χ4n) is 6.43. The second-order valence-electron chi connectivity index (χ2n) is 11.3. The summed E-state index contributed by atoms with van der Waals surface area (Å²) in [6.07, 6.45) is 4.81. The topological polar surface area (TPSA) is 53.4 Å². The van der Waals surface area contributed by atoms with E-state index >= 15 is 0 Å². The van der Waals surface area contributed by atoms with Gasteiger partial charge in [0.1, 0.15) is 5.75 Å². The Morgan fingerprint density at radius 2 is 1.43 bits per heavy atom. The number of rotatable bonds is 4. The van der Waals surface area contributed by atoms with Crippen LogP contribution in [-0.4, -0.2) is 23.7 Å². The van der Waals surface area contributed by atoms with Crippen molar-refractivity contribution in [3.63, 3.8) is 0 Å². The summed E-state index contributed by atoms with van der Waals surface area (Å²) >= 11 is 0. The Labute approximate surface area is 292 Å². The van der Waals surface area contributed by atoms with Crippen LogP contribution >= 0.6 is 0 Å². The van der Waals surface area contributed by atoms with Crippen molar-refractivity contribution in [1.82, 2.24) is 4.98 Å². The van der Waals surface area contributed by atoms with Gasteiger partial charge in [-0.05, 0) is 47.9 Å². The van der Waals surface area contributed by atoms with Gasteiger partial charge in [0.2, 0.25) is 0 Å². The molecule has 0 fully saturated rings. The van der Waals surface area contributed by atoms with Gasteiger partial charge in [0.05, 0.1) is 11.9 Å². The molecule has 46 heavy (non-hydrogen) atoms. The van der Waals surface area contributed by atoms with Crippen LogP contribution < -0.4 is 45.0 Å². The third-order valence-electron chi connectivity index (χ3n) is 8.52. The molecule has 5 aromatic carbocycles. The molecule has 5 heteroatoms. The standard InChI is InChI=1S/C25H18N2.C16H16NO.Na/c1-16-14-20-18-9-2-5-11-22(18)26-25(20)21-15-27(23-12-6-3-8-17(16)23)24-13-7-4-10-19(21)24;1-17-12-14(11-13-7-3-2-4-8-13)15-9-5-6-10-16(15)18;/h2-14,26H,1,15H2;2-10,12,18H,11H2,1H3;/q;-1;+1/b20-14-,25-21-;;. The van der Waals surface area contributed by atoms with Crippen molar-refractivity contribution < 1.29 is 34.7 Å². The van der Waals surface area contributed by atoms with Crippen LogP contribution in [0.1, 0.15) is 22.3 Å². The molecule has 3 heterocycles. The fourth-order valence-corrected chi connectivity index (χ4v) is 6.43. The molecule has 1 aromatic heterocycles. The van der Waals surface area contributed by atoms with Crippen molar-refractivity contribution in [1.29, 1.82) is 0 Å². The molecule has 0 saturated carbocycles. The first-order chi connectivity index (χ1) is 22.1. The maximum Gasteiger partial charge on any atom is 1.00 e. The first kappa shape index (κ1) is 31.3. The summed E-state index contributed by atoms with van der Waals surface area (Å²) in [4.78, 5) is 6.11. The van der Waals surface area contributed by atoms with Crippen LogP contribution in [0.5, 0.6) is 5.75 Å². The number of nitrogens with one attached hydrogen (secondary N) is 1. The van der Waals surface area contributed by atoms with Crippen molar-refractivity contribution in [2.75, 3.05) is 18.5 Å². The Kier molecular flexibility index (Phi) is 9.32. The molecule has 0 atom stereocenters. The first-order valence-electron chi connectivity index (χ1n) is 15.2. The van der Waals surface area contributed by atoms with Crippen molar-refractivity contribution in [3.05, 3.63) is 178 Å². The average molecular weight is 608 g/mol. The average Bonchev–Trinajstić information content (AvgIpc) is 3.65. The minimum absolute atomic E-state index is 0. The van der Waals surface area contributed by atoms with E-state index in [1.165, 1.54) is 55.1 Å². The van der Waals surface area contributed by atoms with Gasteiger partial charge in [-0.3, -0.25) is 0 Å². The molecule has 0 amide bonds. The smallest absolute Gasteiger partial charge is 0.693 e. The maximum atomic E-state index is 9.90. The molecule has 0 aliphatic carbocycles. The van der Waals surface area contributed by atoms with Gasteiger partial charge < -0.3 is 20.3 Å². The number of fused-ring (bicyclic) bond motifs is 10. The Morgan fingerprint density at radius 1 is 0.804 bits per heavy atom. The number of phenolic OH excluding ortho intramolecular Hbond substituents is 1.